The van der Waals surface area contributed by atoms with Gasteiger partial charge in [-0.2, -0.15) is 0 Å². The van der Waals surface area contributed by atoms with Crippen molar-refractivity contribution in [3.63, 3.8) is 0 Å². The summed E-state index contributed by atoms with van der Waals surface area (Å²) in [5.74, 6) is 0.768. The van der Waals surface area contributed by atoms with Crippen LogP contribution in [0.2, 0.25) is 0 Å². The van der Waals surface area contributed by atoms with Crippen LogP contribution in [-0.2, 0) is 6.42 Å². The molecule has 3 nitrogen and oxygen atoms in total. The summed E-state index contributed by atoms with van der Waals surface area (Å²) >= 11 is 0. The Morgan fingerprint density at radius 2 is 2.50 bits per heavy atom. The molecular weight excluding hydrogens is 152 g/mol. The summed E-state index contributed by atoms with van der Waals surface area (Å²) in [6.45, 7) is 3.79. The Morgan fingerprint density at radius 1 is 1.75 bits per heavy atom. The van der Waals surface area contributed by atoms with Gasteiger partial charge in [-0.05, 0) is 13.0 Å². The van der Waals surface area contributed by atoms with E-state index in [0.717, 1.165) is 12.2 Å². The summed E-state index contributed by atoms with van der Waals surface area (Å²) in [5.41, 5.74) is 0. The van der Waals surface area contributed by atoms with Crippen molar-refractivity contribution in [2.24, 2.45) is 0 Å². The quantitative estimate of drug-likeness (QED) is 0.623. The van der Waals surface area contributed by atoms with Gasteiger partial charge in [0.25, 0.3) is 5.91 Å². The molecule has 0 aliphatic rings. The van der Waals surface area contributed by atoms with Crippen molar-refractivity contribution >= 4 is 5.91 Å². The minimum Gasteiger partial charge on any atom is -0.270 e. The van der Waals surface area contributed by atoms with E-state index in [-0.39, 0.29) is 5.91 Å². The number of imidazole rings is 1. The molecule has 0 bridgehead atoms. The normalized spacial score (nSPS) is 10.8. The molecule has 12 heavy (non-hydrogen) atoms. The number of allylic oxidation sites excluding steroid dienone is 2. The zero-order valence-electron chi connectivity index (χ0n) is 7.32. The van der Waals surface area contributed by atoms with Crippen molar-refractivity contribution in [2.75, 3.05) is 0 Å². The number of aryl methyl sites for hydroxylation is 1. The first kappa shape index (κ1) is 8.71. The van der Waals surface area contributed by atoms with E-state index >= 15 is 0 Å². The van der Waals surface area contributed by atoms with Gasteiger partial charge in [-0.3, -0.25) is 9.36 Å². The van der Waals surface area contributed by atoms with Crippen LogP contribution in [0.1, 0.15) is 24.5 Å². The number of hydrogen-bond acceptors (Lipinski definition) is 2. The summed E-state index contributed by atoms with van der Waals surface area (Å²) in [5, 5.41) is 0. The third-order valence-corrected chi connectivity index (χ3v) is 1.58. The lowest BCUT2D eigenvalue weighted by atomic mass is 10.4. The Morgan fingerprint density at radius 3 is 3.08 bits per heavy atom. The van der Waals surface area contributed by atoms with Gasteiger partial charge >= 0.3 is 0 Å². The lowest BCUT2D eigenvalue weighted by molar-refractivity contribution is 0.0965. The lowest BCUT2D eigenvalue weighted by Crippen LogP contribution is -2.09. The Kier molecular flexibility index (Phi) is 2.80. The van der Waals surface area contributed by atoms with E-state index < -0.39 is 0 Å². The highest BCUT2D eigenvalue weighted by molar-refractivity contribution is 5.90. The number of aromatic nitrogens is 2. The van der Waals surface area contributed by atoms with Crippen molar-refractivity contribution in [3.8, 4) is 0 Å². The van der Waals surface area contributed by atoms with E-state index in [0.29, 0.717) is 0 Å². The second-order valence-corrected chi connectivity index (χ2v) is 2.41. The van der Waals surface area contributed by atoms with E-state index in [1.165, 1.54) is 6.08 Å². The van der Waals surface area contributed by atoms with Crippen LogP contribution in [0, 0.1) is 0 Å². The number of rotatable bonds is 2. The van der Waals surface area contributed by atoms with Gasteiger partial charge in [-0.1, -0.05) is 13.0 Å². The van der Waals surface area contributed by atoms with E-state index in [9.17, 15) is 4.79 Å². The molecule has 1 heterocycles. The highest BCUT2D eigenvalue weighted by Gasteiger charge is 2.04. The van der Waals surface area contributed by atoms with Crippen LogP contribution in [-0.4, -0.2) is 15.5 Å². The third kappa shape index (κ3) is 1.61. The highest BCUT2D eigenvalue weighted by atomic mass is 16.1. The molecule has 0 radical (unpaired) electrons. The molecule has 1 aromatic heterocycles. The molecule has 0 aromatic carbocycles. The molecule has 0 N–H and O–H groups in total. The third-order valence-electron chi connectivity index (χ3n) is 1.58. The molecule has 0 aliphatic carbocycles. The predicted molar refractivity (Wildman–Crippen MR) is 47.0 cm³/mol. The smallest absolute Gasteiger partial charge is 0.255 e. The minimum atomic E-state index is -0.0353. The molecule has 0 saturated carbocycles. The van der Waals surface area contributed by atoms with Crippen molar-refractivity contribution in [1.29, 1.82) is 0 Å². The average molecular weight is 164 g/mol. The van der Waals surface area contributed by atoms with Crippen molar-refractivity contribution in [1.82, 2.24) is 9.55 Å². The number of nitrogens with zero attached hydrogens (tertiary/aromatic N) is 2. The average Bonchev–Trinajstić information content (AvgIpc) is 2.51. The number of carbonyl (C=O) groups is 1. The Hall–Kier alpha value is -1.38. The highest BCUT2D eigenvalue weighted by Crippen LogP contribution is 1.98. The number of hydrogen-bond donors (Lipinski definition) is 0. The van der Waals surface area contributed by atoms with Crippen molar-refractivity contribution in [2.45, 2.75) is 20.3 Å². The van der Waals surface area contributed by atoms with E-state index in [4.69, 9.17) is 0 Å². The first-order valence-electron chi connectivity index (χ1n) is 3.98. The largest absolute Gasteiger partial charge is 0.270 e. The second kappa shape index (κ2) is 3.85. The maximum Gasteiger partial charge on any atom is 0.255 e. The predicted octanol–water partition coefficient (Wildman–Crippen LogP) is 1.66. The summed E-state index contributed by atoms with van der Waals surface area (Å²) in [6.07, 6.45) is 7.35. The van der Waals surface area contributed by atoms with Crippen LogP contribution in [0.25, 0.3) is 0 Å². The van der Waals surface area contributed by atoms with Crippen LogP contribution >= 0.6 is 0 Å². The Labute approximate surface area is 71.7 Å². The van der Waals surface area contributed by atoms with Crippen LogP contribution < -0.4 is 0 Å². The Bertz CT molecular complexity index is 299. The van der Waals surface area contributed by atoms with Gasteiger partial charge in [0.05, 0.1) is 0 Å². The van der Waals surface area contributed by atoms with Crippen LogP contribution in [0.3, 0.4) is 0 Å². The molecule has 0 saturated heterocycles. The summed E-state index contributed by atoms with van der Waals surface area (Å²) in [4.78, 5) is 15.4. The first-order valence-corrected chi connectivity index (χ1v) is 3.98. The minimum absolute atomic E-state index is 0.0353. The molecule has 1 rings (SSSR count). The van der Waals surface area contributed by atoms with E-state index in [1.54, 1.807) is 23.0 Å². The summed E-state index contributed by atoms with van der Waals surface area (Å²) in [7, 11) is 0. The molecule has 0 atom stereocenters. The zero-order valence-corrected chi connectivity index (χ0v) is 7.32. The zero-order chi connectivity index (χ0) is 8.97. The fraction of sp³-hybridized carbons (Fsp3) is 0.333. The second-order valence-electron chi connectivity index (χ2n) is 2.41. The van der Waals surface area contributed by atoms with E-state index in [1.807, 2.05) is 13.8 Å². The molecule has 0 spiro atoms. The topological polar surface area (TPSA) is 34.9 Å². The van der Waals surface area contributed by atoms with Crippen molar-refractivity contribution < 1.29 is 4.79 Å². The van der Waals surface area contributed by atoms with Gasteiger partial charge in [0.1, 0.15) is 5.82 Å². The van der Waals surface area contributed by atoms with Gasteiger partial charge in [0, 0.05) is 18.8 Å². The maximum atomic E-state index is 11.3. The first-order chi connectivity index (χ1) is 5.79. The lowest BCUT2D eigenvalue weighted by Gasteiger charge is -1.99. The molecule has 0 aliphatic heterocycles. The van der Waals surface area contributed by atoms with Gasteiger partial charge in [-0.15, -0.1) is 0 Å². The molecule has 3 heteroatoms. The van der Waals surface area contributed by atoms with Crippen LogP contribution in [0.4, 0.5) is 0 Å². The van der Waals surface area contributed by atoms with Gasteiger partial charge < -0.3 is 0 Å². The fourth-order valence-corrected chi connectivity index (χ4v) is 1.02. The monoisotopic (exact) mass is 164 g/mol. The molecule has 0 amide bonds. The molecule has 0 unspecified atom stereocenters. The van der Waals surface area contributed by atoms with E-state index in [2.05, 4.69) is 4.98 Å². The number of carbonyl (C=O) groups excluding carboxylic acids is 1. The van der Waals surface area contributed by atoms with Gasteiger partial charge in [-0.25, -0.2) is 4.98 Å². The van der Waals surface area contributed by atoms with Crippen LogP contribution in [0.15, 0.2) is 24.5 Å². The SMILES string of the molecule is C/C=C/C(=O)n1ccnc1CC. The fourth-order valence-electron chi connectivity index (χ4n) is 1.02. The van der Waals surface area contributed by atoms with Gasteiger partial charge in [0.15, 0.2) is 0 Å². The van der Waals surface area contributed by atoms with Crippen LogP contribution in [0.5, 0.6) is 0 Å². The molecular formula is C9H12N2O. The van der Waals surface area contributed by atoms with Gasteiger partial charge in [0.2, 0.25) is 0 Å². The van der Waals surface area contributed by atoms with Crippen molar-refractivity contribution in [3.05, 3.63) is 30.4 Å². The summed E-state index contributed by atoms with van der Waals surface area (Å²) in [6, 6.07) is 0. The Balaban J connectivity index is 2.93. The maximum absolute atomic E-state index is 11.3. The molecule has 64 valence electrons. The molecule has 1 aromatic rings. The standard InChI is InChI=1S/C9H12N2O/c1-3-5-9(12)11-7-6-10-8(11)4-2/h3,5-7H,4H2,1-2H3/b5-3+. The molecule has 0 fully saturated rings. The summed E-state index contributed by atoms with van der Waals surface area (Å²) < 4.78 is 1.56.